The molecule has 7 rings (SSSR count). The second kappa shape index (κ2) is 7.21. The lowest BCUT2D eigenvalue weighted by Gasteiger charge is -2.13. The number of hydrogen-bond acceptors (Lipinski definition) is 0. The van der Waals surface area contributed by atoms with Crippen molar-refractivity contribution in [3.63, 3.8) is 0 Å². The molecule has 1 heterocycles. The van der Waals surface area contributed by atoms with E-state index in [9.17, 15) is 0 Å². The lowest BCUT2D eigenvalue weighted by Crippen LogP contribution is -1.98. The molecule has 1 aliphatic carbocycles. The minimum Gasteiger partial charge on any atom is -0.309 e. The first kappa shape index (κ1) is 18.5. The Hall–Kier alpha value is -4.10. The number of nitrogens with zero attached hydrogens (tertiary/aromatic N) is 1. The number of aromatic nitrogens is 1. The predicted octanol–water partition coefficient (Wildman–Crippen LogP) is 7.95. The maximum Gasteiger partial charge on any atom is 0.0541 e. The zero-order valence-electron chi connectivity index (χ0n) is 18.3. The minimum atomic E-state index is 0.968. The fourth-order valence-corrected chi connectivity index (χ4v) is 5.56. The van der Waals surface area contributed by atoms with Gasteiger partial charge in [-0.3, -0.25) is 0 Å². The van der Waals surface area contributed by atoms with Gasteiger partial charge in [0.05, 0.1) is 16.7 Å². The number of para-hydroxylation sites is 2. The summed E-state index contributed by atoms with van der Waals surface area (Å²) in [6.07, 6.45) is 1.95. The van der Waals surface area contributed by atoms with E-state index in [1.165, 1.54) is 60.9 Å². The molecule has 156 valence electrons. The molecule has 0 atom stereocenters. The molecule has 33 heavy (non-hydrogen) atoms. The second-order valence-corrected chi connectivity index (χ2v) is 9.00. The molecule has 1 aromatic heterocycles. The lowest BCUT2D eigenvalue weighted by molar-refractivity contribution is 1.12. The van der Waals surface area contributed by atoms with Crippen LogP contribution in [0.2, 0.25) is 0 Å². The van der Waals surface area contributed by atoms with Gasteiger partial charge >= 0.3 is 0 Å². The van der Waals surface area contributed by atoms with E-state index in [-0.39, 0.29) is 0 Å². The minimum absolute atomic E-state index is 0.968. The summed E-state index contributed by atoms with van der Waals surface area (Å²) in [4.78, 5) is 0. The van der Waals surface area contributed by atoms with E-state index in [4.69, 9.17) is 0 Å². The summed E-state index contributed by atoms with van der Waals surface area (Å²) in [5.74, 6) is 0. The van der Waals surface area contributed by atoms with Crippen molar-refractivity contribution >= 4 is 21.8 Å². The standard InChI is InChI=1S/C32H23N/c1-2-9-22(10-3-1)19-23-17-18-24-21-29-25(28(24)20-23)13-8-16-32(29)33-30-14-6-4-11-26(30)27-12-5-7-15-31(27)33/h1-18,20H,19,21H2. The van der Waals surface area contributed by atoms with Gasteiger partial charge in [0.1, 0.15) is 0 Å². The van der Waals surface area contributed by atoms with E-state index in [0.717, 1.165) is 12.8 Å². The van der Waals surface area contributed by atoms with E-state index in [1.54, 1.807) is 0 Å². The van der Waals surface area contributed by atoms with Gasteiger partial charge in [0.15, 0.2) is 0 Å². The molecule has 1 aliphatic rings. The van der Waals surface area contributed by atoms with Crippen molar-refractivity contribution < 1.29 is 0 Å². The van der Waals surface area contributed by atoms with Crippen LogP contribution in [0.25, 0.3) is 38.6 Å². The predicted molar refractivity (Wildman–Crippen MR) is 138 cm³/mol. The maximum atomic E-state index is 2.46. The molecule has 0 unspecified atom stereocenters. The summed E-state index contributed by atoms with van der Waals surface area (Å²) >= 11 is 0. The molecule has 0 fully saturated rings. The van der Waals surface area contributed by atoms with Gasteiger partial charge in [-0.15, -0.1) is 0 Å². The third-order valence-electron chi connectivity index (χ3n) is 7.06. The first-order valence-electron chi connectivity index (χ1n) is 11.6. The van der Waals surface area contributed by atoms with Gasteiger partial charge in [-0.1, -0.05) is 97.1 Å². The Labute approximate surface area is 193 Å². The third kappa shape index (κ3) is 2.86. The molecule has 6 aromatic rings. The molecule has 0 bridgehead atoms. The van der Waals surface area contributed by atoms with E-state index in [0.29, 0.717) is 0 Å². The van der Waals surface area contributed by atoms with E-state index in [1.807, 2.05) is 0 Å². The van der Waals surface area contributed by atoms with Crippen LogP contribution < -0.4 is 0 Å². The molecular formula is C32H23N. The first-order chi connectivity index (χ1) is 16.4. The average Bonchev–Trinajstić information content (AvgIpc) is 3.40. The van der Waals surface area contributed by atoms with Crippen molar-refractivity contribution in [3.8, 4) is 16.8 Å². The number of benzene rings is 5. The smallest absolute Gasteiger partial charge is 0.0541 e. The number of hydrogen-bond donors (Lipinski definition) is 0. The highest BCUT2D eigenvalue weighted by Crippen LogP contribution is 2.42. The van der Waals surface area contributed by atoms with Crippen LogP contribution in [0.4, 0.5) is 0 Å². The summed E-state index contributed by atoms with van der Waals surface area (Å²) in [5.41, 5.74) is 12.2. The van der Waals surface area contributed by atoms with Crippen molar-refractivity contribution in [2.24, 2.45) is 0 Å². The van der Waals surface area contributed by atoms with Crippen molar-refractivity contribution in [1.29, 1.82) is 0 Å². The first-order valence-corrected chi connectivity index (χ1v) is 11.6. The van der Waals surface area contributed by atoms with Crippen LogP contribution >= 0.6 is 0 Å². The highest BCUT2D eigenvalue weighted by Gasteiger charge is 2.23. The normalized spacial score (nSPS) is 12.2. The van der Waals surface area contributed by atoms with Crippen LogP contribution in [-0.2, 0) is 12.8 Å². The van der Waals surface area contributed by atoms with Gasteiger partial charge in [-0.05, 0) is 58.0 Å². The van der Waals surface area contributed by atoms with Gasteiger partial charge in [0, 0.05) is 17.2 Å². The Bertz CT molecular complexity index is 1600. The summed E-state index contributed by atoms with van der Waals surface area (Å²) < 4.78 is 2.46. The second-order valence-electron chi connectivity index (χ2n) is 9.00. The average molecular weight is 422 g/mol. The largest absolute Gasteiger partial charge is 0.309 e. The summed E-state index contributed by atoms with van der Waals surface area (Å²) in [7, 11) is 0. The molecule has 0 amide bonds. The summed E-state index contributed by atoms with van der Waals surface area (Å²) in [6, 6.07) is 42.1. The van der Waals surface area contributed by atoms with Crippen LogP contribution in [0.1, 0.15) is 22.3 Å². The zero-order chi connectivity index (χ0) is 21.8. The van der Waals surface area contributed by atoms with Crippen LogP contribution in [0, 0.1) is 0 Å². The fraction of sp³-hybridized carbons (Fsp3) is 0.0625. The van der Waals surface area contributed by atoms with Crippen molar-refractivity contribution in [3.05, 3.63) is 138 Å². The molecule has 0 saturated heterocycles. The quantitative estimate of drug-likeness (QED) is 0.273. The Morgan fingerprint density at radius 2 is 1.24 bits per heavy atom. The van der Waals surface area contributed by atoms with Crippen LogP contribution in [0.3, 0.4) is 0 Å². The molecule has 0 saturated carbocycles. The van der Waals surface area contributed by atoms with Crippen LogP contribution in [0.5, 0.6) is 0 Å². The highest BCUT2D eigenvalue weighted by molar-refractivity contribution is 6.09. The van der Waals surface area contributed by atoms with E-state index < -0.39 is 0 Å². The third-order valence-corrected chi connectivity index (χ3v) is 7.06. The topological polar surface area (TPSA) is 4.93 Å². The molecule has 1 heteroatoms. The molecular weight excluding hydrogens is 398 g/mol. The van der Waals surface area contributed by atoms with Crippen molar-refractivity contribution in [1.82, 2.24) is 4.57 Å². The number of fused-ring (bicyclic) bond motifs is 6. The lowest BCUT2D eigenvalue weighted by atomic mass is 9.98. The van der Waals surface area contributed by atoms with Gasteiger partial charge in [-0.2, -0.15) is 0 Å². The molecule has 0 spiro atoms. The van der Waals surface area contributed by atoms with Gasteiger partial charge in [0.2, 0.25) is 0 Å². The molecule has 0 aliphatic heterocycles. The molecule has 1 nitrogen and oxygen atoms in total. The molecule has 5 aromatic carbocycles. The van der Waals surface area contributed by atoms with Gasteiger partial charge in [0.25, 0.3) is 0 Å². The van der Waals surface area contributed by atoms with Crippen LogP contribution in [0.15, 0.2) is 115 Å². The number of rotatable bonds is 3. The Morgan fingerprint density at radius 1 is 0.545 bits per heavy atom. The fourth-order valence-electron chi connectivity index (χ4n) is 5.56. The van der Waals surface area contributed by atoms with Crippen LogP contribution in [-0.4, -0.2) is 4.57 Å². The van der Waals surface area contributed by atoms with E-state index in [2.05, 4.69) is 120 Å². The Kier molecular flexibility index (Phi) is 4.04. The van der Waals surface area contributed by atoms with Gasteiger partial charge < -0.3 is 4.57 Å². The molecule has 0 N–H and O–H groups in total. The summed E-state index contributed by atoms with van der Waals surface area (Å²) in [6.45, 7) is 0. The van der Waals surface area contributed by atoms with Crippen molar-refractivity contribution in [2.75, 3.05) is 0 Å². The van der Waals surface area contributed by atoms with Crippen molar-refractivity contribution in [2.45, 2.75) is 12.8 Å². The highest BCUT2D eigenvalue weighted by atomic mass is 15.0. The Balaban J connectivity index is 1.40. The summed E-state index contributed by atoms with van der Waals surface area (Å²) in [5, 5.41) is 2.62. The SMILES string of the molecule is c1ccc(Cc2ccc3c(c2)-c2cccc(-n4c5ccccc5c5ccccc54)c2C3)cc1. The maximum absolute atomic E-state index is 2.46. The van der Waals surface area contributed by atoms with Gasteiger partial charge in [-0.25, -0.2) is 0 Å². The van der Waals surface area contributed by atoms with E-state index >= 15 is 0 Å². The zero-order valence-corrected chi connectivity index (χ0v) is 18.3. The monoisotopic (exact) mass is 421 g/mol. The molecule has 0 radical (unpaired) electrons. The Morgan fingerprint density at radius 3 is 2.00 bits per heavy atom.